The highest BCUT2D eigenvalue weighted by Gasteiger charge is 2.24. The molecule has 14 heavy (non-hydrogen) atoms. The van der Waals surface area contributed by atoms with Gasteiger partial charge in [0, 0.05) is 12.1 Å². The Morgan fingerprint density at radius 3 is 2.36 bits per heavy atom. The number of hydrogen-bond donors (Lipinski definition) is 2. The lowest BCUT2D eigenvalue weighted by atomic mass is 9.96. The smallest absolute Gasteiger partial charge is 0.315 e. The summed E-state index contributed by atoms with van der Waals surface area (Å²) < 4.78 is 0. The zero-order valence-electron chi connectivity index (χ0n) is 9.47. The summed E-state index contributed by atoms with van der Waals surface area (Å²) in [6, 6.07) is 0.736. The van der Waals surface area contributed by atoms with Crippen molar-refractivity contribution in [2.75, 3.05) is 0 Å². The molecule has 2 amide bonds. The lowest BCUT2D eigenvalue weighted by molar-refractivity contribution is 0.231. The van der Waals surface area contributed by atoms with Crippen LogP contribution in [0.4, 0.5) is 4.79 Å². The molecule has 0 aromatic rings. The van der Waals surface area contributed by atoms with Gasteiger partial charge < -0.3 is 10.6 Å². The summed E-state index contributed by atoms with van der Waals surface area (Å²) in [6.07, 6.45) is 4.54. The van der Waals surface area contributed by atoms with E-state index in [2.05, 4.69) is 31.4 Å². The molecule has 1 fully saturated rings. The summed E-state index contributed by atoms with van der Waals surface area (Å²) in [6.45, 7) is 6.43. The van der Waals surface area contributed by atoms with Crippen molar-refractivity contribution in [3.63, 3.8) is 0 Å². The van der Waals surface area contributed by atoms with Crippen LogP contribution >= 0.6 is 0 Å². The van der Waals surface area contributed by atoms with Gasteiger partial charge in [0.25, 0.3) is 0 Å². The summed E-state index contributed by atoms with van der Waals surface area (Å²) in [4.78, 5) is 11.4. The molecule has 1 atom stereocenters. The molecule has 1 unspecified atom stereocenters. The number of nitrogens with one attached hydrogen (secondary N) is 2. The van der Waals surface area contributed by atoms with Crippen LogP contribution in [0.2, 0.25) is 0 Å². The fourth-order valence-electron chi connectivity index (χ4n) is 1.78. The SMILES string of the molecule is CCC(CC)C(C)NC(=O)NC1CC1. The number of carbonyl (C=O) groups is 1. The van der Waals surface area contributed by atoms with E-state index >= 15 is 0 Å². The summed E-state index contributed by atoms with van der Waals surface area (Å²) in [5.41, 5.74) is 0. The highest BCUT2D eigenvalue weighted by molar-refractivity contribution is 5.74. The van der Waals surface area contributed by atoms with Crippen LogP contribution in [0.15, 0.2) is 0 Å². The fraction of sp³-hybridized carbons (Fsp3) is 0.909. The topological polar surface area (TPSA) is 41.1 Å². The maximum Gasteiger partial charge on any atom is 0.315 e. The average molecular weight is 198 g/mol. The fourth-order valence-corrected chi connectivity index (χ4v) is 1.78. The third-order valence-electron chi connectivity index (χ3n) is 3.03. The van der Waals surface area contributed by atoms with Crippen molar-refractivity contribution in [3.05, 3.63) is 0 Å². The highest BCUT2D eigenvalue weighted by Crippen LogP contribution is 2.18. The van der Waals surface area contributed by atoms with Gasteiger partial charge >= 0.3 is 6.03 Å². The van der Waals surface area contributed by atoms with E-state index in [9.17, 15) is 4.79 Å². The third-order valence-corrected chi connectivity index (χ3v) is 3.03. The zero-order valence-corrected chi connectivity index (χ0v) is 9.47. The molecule has 1 aliphatic carbocycles. The predicted octanol–water partition coefficient (Wildman–Crippen LogP) is 2.27. The molecule has 1 rings (SSSR count). The largest absolute Gasteiger partial charge is 0.335 e. The van der Waals surface area contributed by atoms with E-state index in [-0.39, 0.29) is 12.1 Å². The number of carbonyl (C=O) groups excluding carboxylic acids is 1. The van der Waals surface area contributed by atoms with E-state index in [0.29, 0.717) is 12.0 Å². The second-order valence-corrected chi connectivity index (χ2v) is 4.26. The van der Waals surface area contributed by atoms with E-state index in [1.807, 2.05) is 0 Å². The van der Waals surface area contributed by atoms with Crippen LogP contribution < -0.4 is 10.6 Å². The summed E-state index contributed by atoms with van der Waals surface area (Å²) >= 11 is 0. The number of hydrogen-bond acceptors (Lipinski definition) is 1. The Kier molecular flexibility index (Phi) is 4.23. The van der Waals surface area contributed by atoms with Gasteiger partial charge in [-0.3, -0.25) is 0 Å². The lowest BCUT2D eigenvalue weighted by Gasteiger charge is -2.22. The Balaban J connectivity index is 2.22. The molecule has 0 radical (unpaired) electrons. The van der Waals surface area contributed by atoms with Gasteiger partial charge in [0.15, 0.2) is 0 Å². The molecule has 0 aromatic heterocycles. The first-order valence-electron chi connectivity index (χ1n) is 5.74. The maximum absolute atomic E-state index is 11.4. The van der Waals surface area contributed by atoms with E-state index in [0.717, 1.165) is 25.7 Å². The van der Waals surface area contributed by atoms with Gasteiger partial charge in [-0.05, 0) is 25.7 Å². The van der Waals surface area contributed by atoms with E-state index < -0.39 is 0 Å². The molecule has 1 aliphatic rings. The van der Waals surface area contributed by atoms with Gasteiger partial charge in [-0.15, -0.1) is 0 Å². The van der Waals surface area contributed by atoms with E-state index in [1.54, 1.807) is 0 Å². The number of rotatable bonds is 5. The molecule has 0 heterocycles. The standard InChI is InChI=1S/C11H22N2O/c1-4-9(5-2)8(3)12-11(14)13-10-6-7-10/h8-10H,4-7H2,1-3H3,(H2,12,13,14). The predicted molar refractivity (Wildman–Crippen MR) is 58.2 cm³/mol. The van der Waals surface area contributed by atoms with Crippen molar-refractivity contribution in [2.45, 2.75) is 58.5 Å². The lowest BCUT2D eigenvalue weighted by Crippen LogP contribution is -2.44. The van der Waals surface area contributed by atoms with Crippen molar-refractivity contribution in [1.29, 1.82) is 0 Å². The van der Waals surface area contributed by atoms with Gasteiger partial charge in [0.05, 0.1) is 0 Å². The van der Waals surface area contributed by atoms with E-state index in [4.69, 9.17) is 0 Å². The Morgan fingerprint density at radius 1 is 1.36 bits per heavy atom. The third kappa shape index (κ3) is 3.56. The second kappa shape index (κ2) is 5.23. The molecule has 0 saturated heterocycles. The first kappa shape index (κ1) is 11.3. The van der Waals surface area contributed by atoms with Gasteiger partial charge in [0.1, 0.15) is 0 Å². The summed E-state index contributed by atoms with van der Waals surface area (Å²) in [5, 5.41) is 5.94. The highest BCUT2D eigenvalue weighted by atomic mass is 16.2. The van der Waals surface area contributed by atoms with Crippen molar-refractivity contribution in [1.82, 2.24) is 10.6 Å². The monoisotopic (exact) mass is 198 g/mol. The normalized spacial score (nSPS) is 18.0. The first-order valence-corrected chi connectivity index (χ1v) is 5.74. The van der Waals surface area contributed by atoms with Gasteiger partial charge in [-0.1, -0.05) is 26.7 Å². The molecule has 0 bridgehead atoms. The summed E-state index contributed by atoms with van der Waals surface area (Å²) in [5.74, 6) is 0.597. The molecular formula is C11H22N2O. The van der Waals surface area contributed by atoms with Crippen molar-refractivity contribution in [2.24, 2.45) is 5.92 Å². The molecule has 3 heteroatoms. The minimum atomic E-state index is 0.00639. The van der Waals surface area contributed by atoms with Crippen molar-refractivity contribution in [3.8, 4) is 0 Å². The van der Waals surface area contributed by atoms with Crippen LogP contribution in [-0.4, -0.2) is 18.1 Å². The number of urea groups is 1. The van der Waals surface area contributed by atoms with Gasteiger partial charge in [-0.25, -0.2) is 4.79 Å². The first-order chi connectivity index (χ1) is 6.67. The molecule has 0 spiro atoms. The quantitative estimate of drug-likeness (QED) is 0.699. The molecular weight excluding hydrogens is 176 g/mol. The molecule has 0 aromatic carbocycles. The van der Waals surface area contributed by atoms with Crippen LogP contribution in [0, 0.1) is 5.92 Å². The molecule has 82 valence electrons. The molecule has 2 N–H and O–H groups in total. The average Bonchev–Trinajstić information content (AvgIpc) is 2.90. The van der Waals surface area contributed by atoms with Crippen LogP contribution in [0.3, 0.4) is 0 Å². The molecule has 1 saturated carbocycles. The van der Waals surface area contributed by atoms with Crippen molar-refractivity contribution >= 4 is 6.03 Å². The van der Waals surface area contributed by atoms with Crippen LogP contribution in [0.1, 0.15) is 46.5 Å². The molecule has 3 nitrogen and oxygen atoms in total. The Hall–Kier alpha value is -0.730. The van der Waals surface area contributed by atoms with E-state index in [1.165, 1.54) is 0 Å². The Labute approximate surface area is 86.6 Å². The minimum absolute atomic E-state index is 0.00639. The Bertz CT molecular complexity index is 186. The second-order valence-electron chi connectivity index (χ2n) is 4.26. The van der Waals surface area contributed by atoms with Crippen LogP contribution in [0.25, 0.3) is 0 Å². The minimum Gasteiger partial charge on any atom is -0.335 e. The molecule has 0 aliphatic heterocycles. The maximum atomic E-state index is 11.4. The van der Waals surface area contributed by atoms with Crippen molar-refractivity contribution < 1.29 is 4.79 Å². The van der Waals surface area contributed by atoms with Gasteiger partial charge in [-0.2, -0.15) is 0 Å². The van der Waals surface area contributed by atoms with Crippen LogP contribution in [0.5, 0.6) is 0 Å². The summed E-state index contributed by atoms with van der Waals surface area (Å²) in [7, 11) is 0. The van der Waals surface area contributed by atoms with Gasteiger partial charge in [0.2, 0.25) is 0 Å². The van der Waals surface area contributed by atoms with Crippen LogP contribution in [-0.2, 0) is 0 Å². The zero-order chi connectivity index (χ0) is 10.6. The Morgan fingerprint density at radius 2 is 1.93 bits per heavy atom. The number of amides is 2.